The van der Waals surface area contributed by atoms with Gasteiger partial charge in [-0.15, -0.1) is 0 Å². The predicted octanol–water partition coefficient (Wildman–Crippen LogP) is 3.02. The van der Waals surface area contributed by atoms with Gasteiger partial charge in [-0.25, -0.2) is 4.39 Å². The summed E-state index contributed by atoms with van der Waals surface area (Å²) in [6, 6.07) is 4.75. The maximum absolute atomic E-state index is 13.3. The molecule has 0 saturated heterocycles. The molecule has 4 heteroatoms. The smallest absolute Gasteiger partial charge is 0.144 e. The predicted molar refractivity (Wildman–Crippen MR) is 66.6 cm³/mol. The van der Waals surface area contributed by atoms with E-state index < -0.39 is 16.1 Å². The summed E-state index contributed by atoms with van der Waals surface area (Å²) >= 11 is -1.35. The van der Waals surface area contributed by atoms with Crippen molar-refractivity contribution in [2.75, 3.05) is 0 Å². The normalized spacial score (nSPS) is 14.4. The van der Waals surface area contributed by atoms with Crippen LogP contribution in [-0.2, 0) is 11.4 Å². The Balaban J connectivity index is 2.88. The number of hydrogen-bond donors (Lipinski definition) is 0. The Morgan fingerprint density at radius 2 is 2.00 bits per heavy atom. The third kappa shape index (κ3) is 3.61. The monoisotopic (exact) mass is 241 g/mol. The summed E-state index contributed by atoms with van der Waals surface area (Å²) in [7, 11) is 0. The van der Waals surface area contributed by atoms with Gasteiger partial charge >= 0.3 is 0 Å². The van der Waals surface area contributed by atoms with E-state index in [0.29, 0.717) is 5.56 Å². The van der Waals surface area contributed by atoms with Crippen LogP contribution in [0.4, 0.5) is 4.39 Å². The van der Waals surface area contributed by atoms with Crippen molar-refractivity contribution in [2.24, 2.45) is 4.40 Å². The first kappa shape index (κ1) is 13.2. The molecule has 0 aromatic heterocycles. The molecule has 0 N–H and O–H groups in total. The average molecular weight is 241 g/mol. The second-order valence-electron chi connectivity index (χ2n) is 4.62. The van der Waals surface area contributed by atoms with Gasteiger partial charge in [-0.3, -0.25) is 0 Å². The zero-order valence-electron chi connectivity index (χ0n) is 9.95. The SMILES string of the molecule is Cc1ccc(F)c(C=N[S@+]([O-])C(C)(C)C)c1. The maximum Gasteiger partial charge on any atom is 0.144 e. The van der Waals surface area contributed by atoms with Crippen LogP contribution < -0.4 is 0 Å². The highest BCUT2D eigenvalue weighted by molar-refractivity contribution is 7.91. The quantitative estimate of drug-likeness (QED) is 0.579. The summed E-state index contributed by atoms with van der Waals surface area (Å²) in [6.07, 6.45) is 1.34. The van der Waals surface area contributed by atoms with Crippen molar-refractivity contribution in [1.82, 2.24) is 0 Å². The van der Waals surface area contributed by atoms with Gasteiger partial charge in [-0.05, 0) is 39.8 Å². The summed E-state index contributed by atoms with van der Waals surface area (Å²) in [5, 5.41) is 0. The van der Waals surface area contributed by atoms with E-state index in [4.69, 9.17) is 0 Å². The minimum Gasteiger partial charge on any atom is -0.591 e. The highest BCUT2D eigenvalue weighted by Crippen LogP contribution is 2.17. The molecule has 0 aliphatic heterocycles. The first-order valence-electron chi connectivity index (χ1n) is 5.03. The molecule has 1 rings (SSSR count). The second kappa shape index (κ2) is 4.97. The van der Waals surface area contributed by atoms with E-state index in [1.165, 1.54) is 12.3 Å². The highest BCUT2D eigenvalue weighted by atomic mass is 32.2. The molecule has 0 bridgehead atoms. The zero-order chi connectivity index (χ0) is 12.3. The lowest BCUT2D eigenvalue weighted by atomic mass is 10.1. The van der Waals surface area contributed by atoms with Gasteiger partial charge in [0.2, 0.25) is 0 Å². The van der Waals surface area contributed by atoms with Gasteiger partial charge in [-0.1, -0.05) is 16.0 Å². The van der Waals surface area contributed by atoms with Gasteiger partial charge in [0.25, 0.3) is 0 Å². The van der Waals surface area contributed by atoms with Crippen LogP contribution in [0, 0.1) is 12.7 Å². The van der Waals surface area contributed by atoms with Crippen LogP contribution in [-0.4, -0.2) is 15.5 Å². The number of benzene rings is 1. The number of aryl methyl sites for hydroxylation is 1. The molecule has 0 heterocycles. The number of nitrogens with zero attached hydrogens (tertiary/aromatic N) is 1. The van der Waals surface area contributed by atoms with E-state index in [1.807, 2.05) is 27.7 Å². The lowest BCUT2D eigenvalue weighted by Crippen LogP contribution is -2.25. The van der Waals surface area contributed by atoms with E-state index in [9.17, 15) is 8.94 Å². The molecule has 1 atom stereocenters. The van der Waals surface area contributed by atoms with Crippen LogP contribution in [0.2, 0.25) is 0 Å². The molecule has 0 amide bonds. The van der Waals surface area contributed by atoms with E-state index in [-0.39, 0.29) is 5.82 Å². The number of rotatable bonds is 2. The molecule has 0 aliphatic carbocycles. The lowest BCUT2D eigenvalue weighted by molar-refractivity contribution is 0.561. The van der Waals surface area contributed by atoms with Crippen LogP contribution in [0.15, 0.2) is 22.6 Å². The first-order valence-corrected chi connectivity index (χ1v) is 6.13. The van der Waals surface area contributed by atoms with Gasteiger partial charge in [0.15, 0.2) is 0 Å². The van der Waals surface area contributed by atoms with Gasteiger partial charge in [0, 0.05) is 5.56 Å². The van der Waals surface area contributed by atoms with Gasteiger partial charge in [0.05, 0.1) is 6.21 Å². The first-order chi connectivity index (χ1) is 7.30. The second-order valence-corrected chi connectivity index (χ2v) is 6.55. The van der Waals surface area contributed by atoms with Crippen LogP contribution in [0.1, 0.15) is 31.9 Å². The minimum atomic E-state index is -1.35. The molecule has 0 spiro atoms. The lowest BCUT2D eigenvalue weighted by Gasteiger charge is -2.17. The molecule has 1 aromatic carbocycles. The minimum absolute atomic E-state index is 0.347. The molecule has 88 valence electrons. The fourth-order valence-electron chi connectivity index (χ4n) is 1.02. The van der Waals surface area contributed by atoms with E-state index in [2.05, 4.69) is 4.40 Å². The Kier molecular flexibility index (Phi) is 4.10. The van der Waals surface area contributed by atoms with E-state index >= 15 is 0 Å². The van der Waals surface area contributed by atoms with Gasteiger partial charge in [-0.2, -0.15) is 0 Å². The molecule has 0 saturated carbocycles. The van der Waals surface area contributed by atoms with E-state index in [1.54, 1.807) is 12.1 Å². The van der Waals surface area contributed by atoms with Crippen molar-refractivity contribution >= 4 is 17.6 Å². The third-order valence-corrected chi connectivity index (χ3v) is 3.31. The Labute approximate surface area is 98.9 Å². The highest BCUT2D eigenvalue weighted by Gasteiger charge is 2.25. The molecule has 1 aromatic rings. The molecule has 0 unspecified atom stereocenters. The Bertz CT molecular complexity index is 398. The molecule has 16 heavy (non-hydrogen) atoms. The standard InChI is InChI=1S/C12H16FNOS/c1-9-5-6-11(13)10(7-9)8-14-16(15)12(2,3)4/h5-8H,1-4H3/t16-/m1/s1. The third-order valence-electron chi connectivity index (χ3n) is 1.96. The van der Waals surface area contributed by atoms with Crippen molar-refractivity contribution in [2.45, 2.75) is 32.4 Å². The Morgan fingerprint density at radius 3 is 2.56 bits per heavy atom. The molecular formula is C12H16FNOS. The van der Waals surface area contributed by atoms with Crippen molar-refractivity contribution in [3.05, 3.63) is 35.1 Å². The van der Waals surface area contributed by atoms with Crippen molar-refractivity contribution in [1.29, 1.82) is 0 Å². The Hall–Kier alpha value is -0.870. The van der Waals surface area contributed by atoms with E-state index in [0.717, 1.165) is 5.56 Å². The molecule has 2 nitrogen and oxygen atoms in total. The maximum atomic E-state index is 13.3. The fraction of sp³-hybridized carbons (Fsp3) is 0.417. The summed E-state index contributed by atoms with van der Waals surface area (Å²) in [4.78, 5) is 0. The summed E-state index contributed by atoms with van der Waals surface area (Å²) in [5.74, 6) is -0.347. The van der Waals surface area contributed by atoms with Gasteiger partial charge in [0.1, 0.15) is 21.9 Å². The van der Waals surface area contributed by atoms with Crippen molar-refractivity contribution in [3.8, 4) is 0 Å². The van der Waals surface area contributed by atoms with Crippen LogP contribution in [0.3, 0.4) is 0 Å². The molecular weight excluding hydrogens is 225 g/mol. The summed E-state index contributed by atoms with van der Waals surface area (Å²) in [6.45, 7) is 7.35. The molecule has 0 aliphatic rings. The Morgan fingerprint density at radius 1 is 1.38 bits per heavy atom. The molecule has 0 fully saturated rings. The number of halogens is 1. The van der Waals surface area contributed by atoms with Crippen LogP contribution in [0.25, 0.3) is 0 Å². The van der Waals surface area contributed by atoms with Crippen molar-refractivity contribution in [3.63, 3.8) is 0 Å². The number of hydrogen-bond acceptors (Lipinski definition) is 2. The fourth-order valence-corrected chi connectivity index (χ4v) is 1.55. The zero-order valence-corrected chi connectivity index (χ0v) is 10.8. The topological polar surface area (TPSA) is 35.4 Å². The largest absolute Gasteiger partial charge is 0.591 e. The van der Waals surface area contributed by atoms with Crippen LogP contribution >= 0.6 is 0 Å². The summed E-state index contributed by atoms with van der Waals surface area (Å²) < 4.78 is 28.4. The van der Waals surface area contributed by atoms with Crippen molar-refractivity contribution < 1.29 is 8.94 Å². The summed E-state index contributed by atoms with van der Waals surface area (Å²) in [5.41, 5.74) is 1.32. The molecule has 0 radical (unpaired) electrons. The average Bonchev–Trinajstić information content (AvgIpc) is 2.17. The van der Waals surface area contributed by atoms with Gasteiger partial charge < -0.3 is 4.55 Å². The van der Waals surface area contributed by atoms with Crippen LogP contribution in [0.5, 0.6) is 0 Å².